The van der Waals surface area contributed by atoms with Gasteiger partial charge in [-0.3, -0.25) is 9.78 Å². The van der Waals surface area contributed by atoms with Gasteiger partial charge in [0, 0.05) is 40.8 Å². The van der Waals surface area contributed by atoms with E-state index in [1.807, 2.05) is 36.4 Å². The first-order valence-corrected chi connectivity index (χ1v) is 8.17. The molecule has 4 rings (SSSR count). The van der Waals surface area contributed by atoms with Crippen molar-refractivity contribution >= 4 is 33.7 Å². The number of aliphatic imine (C=N–C) groups is 1. The molecule has 1 amide bonds. The van der Waals surface area contributed by atoms with Gasteiger partial charge < -0.3 is 16.0 Å². The molecule has 2 heterocycles. The third-order valence-electron chi connectivity index (χ3n) is 4.34. The fourth-order valence-electron chi connectivity index (χ4n) is 3.21. The van der Waals surface area contributed by atoms with Gasteiger partial charge >= 0.3 is 0 Å². The van der Waals surface area contributed by atoms with Crippen LogP contribution in [-0.2, 0) is 6.54 Å². The Labute approximate surface area is 149 Å². The van der Waals surface area contributed by atoms with Crippen LogP contribution >= 0.6 is 0 Å². The Hall–Kier alpha value is -3.67. The Kier molecular flexibility index (Phi) is 3.85. The minimum absolute atomic E-state index is 0.243. The molecule has 2 aromatic heterocycles. The van der Waals surface area contributed by atoms with Crippen molar-refractivity contribution in [2.45, 2.75) is 6.54 Å². The summed E-state index contributed by atoms with van der Waals surface area (Å²) in [6, 6.07) is 17.7. The molecule has 0 atom stereocenters. The van der Waals surface area contributed by atoms with Gasteiger partial charge in [-0.2, -0.15) is 4.99 Å². The second kappa shape index (κ2) is 6.33. The summed E-state index contributed by atoms with van der Waals surface area (Å²) in [6.07, 6.45) is 3.55. The lowest BCUT2D eigenvalue weighted by atomic mass is 10.1. The summed E-state index contributed by atoms with van der Waals surface area (Å²) in [5.74, 6) is -0.694. The van der Waals surface area contributed by atoms with Crippen molar-refractivity contribution in [3.05, 3.63) is 78.1 Å². The van der Waals surface area contributed by atoms with Crippen LogP contribution < -0.4 is 11.5 Å². The van der Waals surface area contributed by atoms with Crippen molar-refractivity contribution in [2.24, 2.45) is 16.5 Å². The Bertz CT molecular complexity index is 1140. The smallest absolute Gasteiger partial charge is 0.280 e. The molecule has 0 spiro atoms. The van der Waals surface area contributed by atoms with Crippen molar-refractivity contribution in [3.63, 3.8) is 0 Å². The van der Waals surface area contributed by atoms with E-state index in [1.54, 1.807) is 18.5 Å². The highest BCUT2D eigenvalue weighted by Gasteiger charge is 2.13. The van der Waals surface area contributed by atoms with Gasteiger partial charge in [-0.1, -0.05) is 24.3 Å². The average Bonchev–Trinajstić information content (AvgIpc) is 2.96. The summed E-state index contributed by atoms with van der Waals surface area (Å²) in [5, 5.41) is 2.22. The molecule has 0 unspecified atom stereocenters. The maximum absolute atomic E-state index is 12.2. The average molecular weight is 343 g/mol. The van der Waals surface area contributed by atoms with Crippen LogP contribution in [0.3, 0.4) is 0 Å². The van der Waals surface area contributed by atoms with Gasteiger partial charge in [0.1, 0.15) is 0 Å². The normalized spacial score (nSPS) is 10.9. The number of hydrogen-bond donors (Lipinski definition) is 2. The predicted octanol–water partition coefficient (Wildman–Crippen LogP) is 2.65. The van der Waals surface area contributed by atoms with E-state index in [9.17, 15) is 4.79 Å². The van der Waals surface area contributed by atoms with E-state index in [0.29, 0.717) is 12.1 Å². The maximum atomic E-state index is 12.2. The summed E-state index contributed by atoms with van der Waals surface area (Å²) in [5.41, 5.74) is 14.3. The maximum Gasteiger partial charge on any atom is 0.280 e. The van der Waals surface area contributed by atoms with Gasteiger partial charge in [0.15, 0.2) is 5.96 Å². The lowest BCUT2D eigenvalue weighted by Gasteiger charge is -2.08. The van der Waals surface area contributed by atoms with Crippen molar-refractivity contribution in [1.82, 2.24) is 9.55 Å². The standard InChI is InChI=1S/C20H17N5O/c21-20(22)24-19(26)14-5-6-16-15-3-1-2-4-17(15)25(18(16)11-14)12-13-7-9-23-10-8-13/h1-11H,12H2,(H4,21,22,24,26). The van der Waals surface area contributed by atoms with E-state index in [1.165, 1.54) is 0 Å². The third-order valence-corrected chi connectivity index (χ3v) is 4.34. The van der Waals surface area contributed by atoms with Crippen LogP contribution in [0.15, 0.2) is 72.0 Å². The van der Waals surface area contributed by atoms with Gasteiger partial charge in [0.2, 0.25) is 0 Å². The number of nitrogens with two attached hydrogens (primary N) is 2. The molecule has 0 aliphatic carbocycles. The summed E-state index contributed by atoms with van der Waals surface area (Å²) >= 11 is 0. The molecule has 0 bridgehead atoms. The minimum atomic E-state index is -0.451. The summed E-state index contributed by atoms with van der Waals surface area (Å²) in [7, 11) is 0. The fourth-order valence-corrected chi connectivity index (χ4v) is 3.21. The first-order valence-electron chi connectivity index (χ1n) is 8.17. The number of carbonyl (C=O) groups excluding carboxylic acids is 1. The number of rotatable bonds is 3. The van der Waals surface area contributed by atoms with Crippen LogP contribution in [0.5, 0.6) is 0 Å². The molecule has 0 saturated carbocycles. The van der Waals surface area contributed by atoms with E-state index in [0.717, 1.165) is 27.4 Å². The molecule has 2 aromatic carbocycles. The topological polar surface area (TPSA) is 99.3 Å². The molecule has 4 aromatic rings. The number of pyridine rings is 1. The Morgan fingerprint density at radius 2 is 1.69 bits per heavy atom. The molecule has 0 radical (unpaired) electrons. The second-order valence-corrected chi connectivity index (χ2v) is 6.03. The Morgan fingerprint density at radius 3 is 2.46 bits per heavy atom. The largest absolute Gasteiger partial charge is 0.370 e. The quantitative estimate of drug-likeness (QED) is 0.441. The van der Waals surface area contributed by atoms with E-state index in [4.69, 9.17) is 11.5 Å². The molecular weight excluding hydrogens is 326 g/mol. The number of amides is 1. The summed E-state index contributed by atoms with van der Waals surface area (Å²) in [4.78, 5) is 19.9. The zero-order valence-corrected chi connectivity index (χ0v) is 14.0. The highest BCUT2D eigenvalue weighted by molar-refractivity contribution is 6.11. The van der Waals surface area contributed by atoms with Gasteiger partial charge in [0.05, 0.1) is 5.52 Å². The number of para-hydroxylation sites is 1. The van der Waals surface area contributed by atoms with Crippen LogP contribution in [0.1, 0.15) is 15.9 Å². The summed E-state index contributed by atoms with van der Waals surface area (Å²) < 4.78 is 2.19. The van der Waals surface area contributed by atoms with Gasteiger partial charge in [-0.15, -0.1) is 0 Å². The molecule has 0 saturated heterocycles. The number of hydrogen-bond acceptors (Lipinski definition) is 2. The summed E-state index contributed by atoms with van der Waals surface area (Å²) in [6.45, 7) is 0.673. The van der Waals surface area contributed by atoms with Crippen LogP contribution in [0.2, 0.25) is 0 Å². The number of nitrogens with zero attached hydrogens (tertiary/aromatic N) is 3. The lowest BCUT2D eigenvalue weighted by Crippen LogP contribution is -2.24. The molecule has 26 heavy (non-hydrogen) atoms. The van der Waals surface area contributed by atoms with E-state index in [-0.39, 0.29) is 5.96 Å². The van der Waals surface area contributed by atoms with Gasteiger partial charge in [0.25, 0.3) is 5.91 Å². The first kappa shape index (κ1) is 15.8. The van der Waals surface area contributed by atoms with E-state index >= 15 is 0 Å². The number of aromatic nitrogens is 2. The van der Waals surface area contributed by atoms with Crippen molar-refractivity contribution < 1.29 is 4.79 Å². The highest BCUT2D eigenvalue weighted by atomic mass is 16.1. The Morgan fingerprint density at radius 1 is 0.962 bits per heavy atom. The van der Waals surface area contributed by atoms with E-state index in [2.05, 4.69) is 26.7 Å². The SMILES string of the molecule is NC(N)=NC(=O)c1ccc2c3ccccc3n(Cc3ccncc3)c2c1. The van der Waals surface area contributed by atoms with Crippen LogP contribution in [0, 0.1) is 0 Å². The van der Waals surface area contributed by atoms with Gasteiger partial charge in [-0.25, -0.2) is 0 Å². The number of carbonyl (C=O) groups is 1. The zero-order valence-electron chi connectivity index (χ0n) is 14.0. The number of benzene rings is 2. The molecule has 0 aliphatic rings. The molecule has 0 fully saturated rings. The number of guanidine groups is 1. The Balaban J connectivity index is 1.94. The van der Waals surface area contributed by atoms with Crippen LogP contribution in [0.25, 0.3) is 21.8 Å². The molecule has 4 N–H and O–H groups in total. The van der Waals surface area contributed by atoms with Crippen molar-refractivity contribution in [3.8, 4) is 0 Å². The predicted molar refractivity (Wildman–Crippen MR) is 103 cm³/mol. The molecule has 6 nitrogen and oxygen atoms in total. The molecular formula is C20H17N5O. The van der Waals surface area contributed by atoms with Crippen LogP contribution in [0.4, 0.5) is 0 Å². The van der Waals surface area contributed by atoms with E-state index < -0.39 is 5.91 Å². The van der Waals surface area contributed by atoms with Crippen LogP contribution in [-0.4, -0.2) is 21.4 Å². The van der Waals surface area contributed by atoms with Gasteiger partial charge in [-0.05, 0) is 35.9 Å². The molecule has 128 valence electrons. The zero-order chi connectivity index (χ0) is 18.1. The molecule has 0 aliphatic heterocycles. The minimum Gasteiger partial charge on any atom is -0.370 e. The first-order chi connectivity index (χ1) is 12.6. The second-order valence-electron chi connectivity index (χ2n) is 6.03. The fraction of sp³-hybridized carbons (Fsp3) is 0.0500. The van der Waals surface area contributed by atoms with Crippen molar-refractivity contribution in [1.29, 1.82) is 0 Å². The number of fused-ring (bicyclic) bond motifs is 3. The monoisotopic (exact) mass is 343 g/mol. The van der Waals surface area contributed by atoms with Crippen molar-refractivity contribution in [2.75, 3.05) is 0 Å². The highest BCUT2D eigenvalue weighted by Crippen LogP contribution is 2.30. The molecule has 6 heteroatoms. The lowest BCUT2D eigenvalue weighted by molar-refractivity contribution is 0.100. The third kappa shape index (κ3) is 2.77.